The topological polar surface area (TPSA) is 70.7 Å². The zero-order chi connectivity index (χ0) is 18.9. The molecule has 0 spiro atoms. The van der Waals surface area contributed by atoms with E-state index in [1.54, 1.807) is 6.07 Å². The molecule has 10 heteroatoms. The molecule has 3 rings (SSSR count). The van der Waals surface area contributed by atoms with Crippen LogP contribution in [0.1, 0.15) is 16.1 Å². The van der Waals surface area contributed by atoms with Crippen LogP contribution in [-0.4, -0.2) is 21.1 Å². The van der Waals surface area contributed by atoms with Crippen molar-refractivity contribution < 1.29 is 18.0 Å². The predicted molar refractivity (Wildman–Crippen MR) is 91.2 cm³/mol. The lowest BCUT2D eigenvalue weighted by atomic mass is 10.2. The fourth-order valence-electron chi connectivity index (χ4n) is 2.15. The van der Waals surface area contributed by atoms with Crippen molar-refractivity contribution in [3.8, 4) is 11.4 Å². The van der Waals surface area contributed by atoms with E-state index in [4.69, 9.17) is 23.2 Å². The van der Waals surface area contributed by atoms with Gasteiger partial charge in [-0.05, 0) is 30.3 Å². The molecule has 0 atom stereocenters. The maximum absolute atomic E-state index is 12.7. The number of hydrogen-bond acceptors (Lipinski definition) is 3. The van der Waals surface area contributed by atoms with E-state index >= 15 is 0 Å². The summed E-state index contributed by atoms with van der Waals surface area (Å²) in [6.45, 7) is 0. The van der Waals surface area contributed by atoms with E-state index in [0.717, 1.165) is 6.07 Å². The van der Waals surface area contributed by atoms with Gasteiger partial charge in [-0.15, -0.1) is 0 Å². The summed E-state index contributed by atoms with van der Waals surface area (Å²) in [5.41, 5.74) is -0.462. The number of hydrogen-bond donors (Lipinski definition) is 2. The van der Waals surface area contributed by atoms with E-state index in [0.29, 0.717) is 5.69 Å². The first-order valence-electron chi connectivity index (χ1n) is 7.10. The monoisotopic (exact) mass is 400 g/mol. The van der Waals surface area contributed by atoms with E-state index < -0.39 is 17.8 Å². The molecular formula is C16H9Cl2F3N4O. The molecule has 134 valence electrons. The second kappa shape index (κ2) is 6.97. The average Bonchev–Trinajstić information content (AvgIpc) is 3.05. The minimum Gasteiger partial charge on any atom is -0.322 e. The van der Waals surface area contributed by atoms with Crippen LogP contribution in [0.15, 0.2) is 42.6 Å². The SMILES string of the molecule is O=C(Nc1ccnc(-c2cc(C(F)(F)F)[nH]n2)c1)c1c(Cl)cccc1Cl. The van der Waals surface area contributed by atoms with Gasteiger partial charge in [0.1, 0.15) is 11.4 Å². The molecule has 2 N–H and O–H groups in total. The molecule has 0 bridgehead atoms. The fourth-order valence-corrected chi connectivity index (χ4v) is 2.72. The molecule has 26 heavy (non-hydrogen) atoms. The Kier molecular flexibility index (Phi) is 4.88. The zero-order valence-electron chi connectivity index (χ0n) is 12.7. The number of anilines is 1. The number of benzene rings is 1. The van der Waals surface area contributed by atoms with Gasteiger partial charge in [0.15, 0.2) is 0 Å². The number of H-pyrrole nitrogens is 1. The number of aromatic amines is 1. The van der Waals surface area contributed by atoms with Gasteiger partial charge in [-0.3, -0.25) is 14.9 Å². The van der Waals surface area contributed by atoms with Crippen molar-refractivity contribution in [3.05, 3.63) is 63.9 Å². The lowest BCUT2D eigenvalue weighted by Crippen LogP contribution is -2.13. The molecule has 0 aliphatic rings. The van der Waals surface area contributed by atoms with E-state index in [1.807, 2.05) is 5.10 Å². The number of carbonyl (C=O) groups is 1. The Morgan fingerprint density at radius 3 is 2.38 bits per heavy atom. The van der Waals surface area contributed by atoms with Crippen LogP contribution in [0.3, 0.4) is 0 Å². The number of nitrogens with one attached hydrogen (secondary N) is 2. The molecule has 0 saturated carbocycles. The van der Waals surface area contributed by atoms with E-state index in [1.165, 1.54) is 30.5 Å². The summed E-state index contributed by atoms with van der Waals surface area (Å²) < 4.78 is 38.0. The summed E-state index contributed by atoms with van der Waals surface area (Å²) in [6.07, 6.45) is -3.21. The molecule has 0 fully saturated rings. The lowest BCUT2D eigenvalue weighted by Gasteiger charge is -2.09. The third kappa shape index (κ3) is 3.81. The van der Waals surface area contributed by atoms with Gasteiger partial charge in [0, 0.05) is 11.9 Å². The second-order valence-electron chi connectivity index (χ2n) is 5.15. The number of rotatable bonds is 3. The second-order valence-corrected chi connectivity index (χ2v) is 5.96. The number of amides is 1. The Morgan fingerprint density at radius 2 is 1.77 bits per heavy atom. The first-order valence-corrected chi connectivity index (χ1v) is 7.85. The van der Waals surface area contributed by atoms with Crippen LogP contribution in [0.25, 0.3) is 11.4 Å². The van der Waals surface area contributed by atoms with Gasteiger partial charge in [0.25, 0.3) is 5.91 Å². The molecule has 0 aliphatic carbocycles. The van der Waals surface area contributed by atoms with Crippen LogP contribution >= 0.6 is 23.2 Å². The maximum Gasteiger partial charge on any atom is 0.432 e. The van der Waals surface area contributed by atoms with Crippen molar-refractivity contribution in [1.29, 1.82) is 0 Å². The Morgan fingerprint density at radius 1 is 1.08 bits per heavy atom. The highest BCUT2D eigenvalue weighted by Crippen LogP contribution is 2.30. The molecule has 2 aromatic heterocycles. The quantitative estimate of drug-likeness (QED) is 0.646. The van der Waals surface area contributed by atoms with Crippen molar-refractivity contribution in [1.82, 2.24) is 15.2 Å². The minimum atomic E-state index is -4.54. The molecule has 0 saturated heterocycles. The third-order valence-electron chi connectivity index (χ3n) is 3.35. The highest BCUT2D eigenvalue weighted by molar-refractivity contribution is 6.40. The third-order valence-corrected chi connectivity index (χ3v) is 3.98. The molecule has 5 nitrogen and oxygen atoms in total. The van der Waals surface area contributed by atoms with E-state index in [-0.39, 0.29) is 27.0 Å². The molecule has 1 amide bonds. The Balaban J connectivity index is 1.86. The number of halogens is 5. The Labute approximate surface area is 155 Å². The molecule has 0 radical (unpaired) electrons. The predicted octanol–water partition coefficient (Wildman–Crippen LogP) is 5.05. The normalized spacial score (nSPS) is 11.4. The van der Waals surface area contributed by atoms with Crippen LogP contribution in [-0.2, 0) is 6.18 Å². The fraction of sp³-hybridized carbons (Fsp3) is 0.0625. The summed E-state index contributed by atoms with van der Waals surface area (Å²) in [4.78, 5) is 16.3. The Bertz CT molecular complexity index is 952. The van der Waals surface area contributed by atoms with Gasteiger partial charge in [-0.2, -0.15) is 18.3 Å². The van der Waals surface area contributed by atoms with Gasteiger partial charge in [-0.25, -0.2) is 0 Å². The molecule has 0 aliphatic heterocycles. The smallest absolute Gasteiger partial charge is 0.322 e. The van der Waals surface area contributed by atoms with Gasteiger partial charge in [-0.1, -0.05) is 29.3 Å². The van der Waals surface area contributed by atoms with Crippen LogP contribution < -0.4 is 5.32 Å². The summed E-state index contributed by atoms with van der Waals surface area (Å²) in [5.74, 6) is -0.559. The van der Waals surface area contributed by atoms with Crippen LogP contribution in [0.2, 0.25) is 10.0 Å². The highest BCUT2D eigenvalue weighted by atomic mass is 35.5. The van der Waals surface area contributed by atoms with Crippen LogP contribution in [0.4, 0.5) is 18.9 Å². The standard InChI is InChI=1S/C16H9Cl2F3N4O/c17-9-2-1-3-10(18)14(9)15(26)23-8-4-5-22-11(6-8)12-7-13(25-24-12)16(19,20)21/h1-7H,(H,24,25)(H,22,23,26). The van der Waals surface area contributed by atoms with Gasteiger partial charge in [0.05, 0.1) is 21.3 Å². The van der Waals surface area contributed by atoms with E-state index in [9.17, 15) is 18.0 Å². The maximum atomic E-state index is 12.7. The van der Waals surface area contributed by atoms with Gasteiger partial charge < -0.3 is 5.32 Å². The van der Waals surface area contributed by atoms with E-state index in [2.05, 4.69) is 15.4 Å². The van der Waals surface area contributed by atoms with Crippen molar-refractivity contribution in [2.45, 2.75) is 6.18 Å². The highest BCUT2D eigenvalue weighted by Gasteiger charge is 2.33. The number of aromatic nitrogens is 3. The lowest BCUT2D eigenvalue weighted by molar-refractivity contribution is -0.141. The van der Waals surface area contributed by atoms with Gasteiger partial charge >= 0.3 is 6.18 Å². The molecule has 1 aromatic carbocycles. The van der Waals surface area contributed by atoms with Crippen molar-refractivity contribution in [3.63, 3.8) is 0 Å². The molecule has 0 unspecified atom stereocenters. The number of pyridine rings is 1. The zero-order valence-corrected chi connectivity index (χ0v) is 14.2. The summed E-state index contributed by atoms with van der Waals surface area (Å²) in [6, 6.07) is 8.33. The Hall–Kier alpha value is -2.58. The molecule has 2 heterocycles. The molecular weight excluding hydrogens is 392 g/mol. The minimum absolute atomic E-state index is 0.0100. The van der Waals surface area contributed by atoms with Gasteiger partial charge in [0.2, 0.25) is 0 Å². The van der Waals surface area contributed by atoms with Crippen LogP contribution in [0.5, 0.6) is 0 Å². The van der Waals surface area contributed by atoms with Crippen molar-refractivity contribution >= 4 is 34.8 Å². The number of carbonyl (C=O) groups excluding carboxylic acids is 1. The largest absolute Gasteiger partial charge is 0.432 e. The van der Waals surface area contributed by atoms with Crippen molar-refractivity contribution in [2.75, 3.05) is 5.32 Å². The average molecular weight is 401 g/mol. The van der Waals surface area contributed by atoms with Crippen LogP contribution in [0, 0.1) is 0 Å². The first-order chi connectivity index (χ1) is 12.3. The summed E-state index contributed by atoms with van der Waals surface area (Å²) in [5, 5.41) is 8.43. The first kappa shape index (κ1) is 18.2. The van der Waals surface area contributed by atoms with Crippen molar-refractivity contribution in [2.24, 2.45) is 0 Å². The summed E-state index contributed by atoms with van der Waals surface area (Å²) in [7, 11) is 0. The number of nitrogens with zero attached hydrogens (tertiary/aromatic N) is 2. The summed E-state index contributed by atoms with van der Waals surface area (Å²) >= 11 is 12.0. The number of alkyl halides is 3. The molecule has 3 aromatic rings.